The number of nitrogens with zero attached hydrogens (tertiary/aromatic N) is 4. The molecule has 0 radical (unpaired) electrons. The first-order valence-corrected chi connectivity index (χ1v) is 8.49. The van der Waals surface area contributed by atoms with Gasteiger partial charge in [0.05, 0.1) is 17.2 Å². The van der Waals surface area contributed by atoms with E-state index in [1.165, 1.54) is 11.1 Å². The van der Waals surface area contributed by atoms with E-state index in [4.69, 9.17) is 5.26 Å². The van der Waals surface area contributed by atoms with E-state index in [9.17, 15) is 22.4 Å². The van der Waals surface area contributed by atoms with Gasteiger partial charge in [-0.05, 0) is 37.0 Å². The Kier molecular flexibility index (Phi) is 4.18. The summed E-state index contributed by atoms with van der Waals surface area (Å²) in [6, 6.07) is 2.37. The van der Waals surface area contributed by atoms with Crippen LogP contribution in [0.4, 0.5) is 28.2 Å². The first-order valence-electron chi connectivity index (χ1n) is 8.49. The molecule has 10 heteroatoms. The summed E-state index contributed by atoms with van der Waals surface area (Å²) in [4.78, 5) is 21.5. The normalized spacial score (nSPS) is 20.5. The van der Waals surface area contributed by atoms with Gasteiger partial charge in [-0.15, -0.1) is 0 Å². The van der Waals surface area contributed by atoms with Crippen molar-refractivity contribution in [2.24, 2.45) is 0 Å². The molecule has 1 fully saturated rings. The summed E-state index contributed by atoms with van der Waals surface area (Å²) < 4.78 is 53.9. The lowest BCUT2D eigenvalue weighted by Crippen LogP contribution is -2.44. The van der Waals surface area contributed by atoms with Gasteiger partial charge in [0.2, 0.25) is 5.95 Å². The maximum absolute atomic E-state index is 14.0. The lowest BCUT2D eigenvalue weighted by Gasteiger charge is -2.36. The van der Waals surface area contributed by atoms with Crippen LogP contribution in [0.2, 0.25) is 0 Å². The van der Waals surface area contributed by atoms with Crippen LogP contribution in [0.25, 0.3) is 0 Å². The molecule has 0 spiro atoms. The highest BCUT2D eigenvalue weighted by atomic mass is 19.4. The minimum absolute atomic E-state index is 0.256. The molecule has 2 aromatic rings. The van der Waals surface area contributed by atoms with E-state index in [1.54, 1.807) is 12.1 Å². The van der Waals surface area contributed by atoms with Gasteiger partial charge in [-0.3, -0.25) is 5.32 Å². The topological polar surface area (TPSA) is 81.9 Å². The van der Waals surface area contributed by atoms with Crippen LogP contribution in [0.5, 0.6) is 0 Å². The monoisotopic (exact) mass is 391 g/mol. The number of carbonyl (C=O) groups excluding carboxylic acids is 1. The molecule has 0 unspecified atom stereocenters. The van der Waals surface area contributed by atoms with E-state index in [-0.39, 0.29) is 18.0 Å². The van der Waals surface area contributed by atoms with E-state index in [0.29, 0.717) is 30.0 Å². The van der Waals surface area contributed by atoms with Gasteiger partial charge < -0.3 is 4.90 Å². The summed E-state index contributed by atoms with van der Waals surface area (Å²) >= 11 is 0. The van der Waals surface area contributed by atoms with Gasteiger partial charge >= 0.3 is 12.2 Å². The maximum Gasteiger partial charge on any atom is 0.420 e. The van der Waals surface area contributed by atoms with E-state index >= 15 is 0 Å². The first-order chi connectivity index (χ1) is 13.3. The van der Waals surface area contributed by atoms with Crippen LogP contribution in [0.3, 0.4) is 0 Å². The molecule has 1 saturated heterocycles. The number of nitrogens with one attached hydrogen (secondary N) is 1. The highest BCUT2D eigenvalue weighted by molar-refractivity contribution is 5.90. The van der Waals surface area contributed by atoms with Crippen LogP contribution in [-0.2, 0) is 12.6 Å². The molecule has 4 heterocycles. The molecule has 2 aliphatic rings. The summed E-state index contributed by atoms with van der Waals surface area (Å²) in [7, 11) is 0. The number of carbonyl (C=O) groups is 1. The van der Waals surface area contributed by atoms with E-state index < -0.39 is 35.6 Å². The summed E-state index contributed by atoms with van der Waals surface area (Å²) in [5.41, 5.74) is -0.382. The fourth-order valence-electron chi connectivity index (χ4n) is 3.93. The molecule has 2 aromatic heterocycles. The average Bonchev–Trinajstić information content (AvgIpc) is 2.97. The minimum Gasteiger partial charge on any atom is -0.314 e. The predicted octanol–water partition coefficient (Wildman–Crippen LogP) is 3.80. The van der Waals surface area contributed by atoms with E-state index in [2.05, 4.69) is 15.3 Å². The Morgan fingerprint density at radius 3 is 2.82 bits per heavy atom. The molecule has 2 aliphatic heterocycles. The van der Waals surface area contributed by atoms with Crippen molar-refractivity contribution >= 4 is 11.8 Å². The number of halogens is 4. The standard InChI is InChI=1S/C18H13F4N5O/c19-15-12-6-10-1-2-14(11(12)3-4-24-15)27(10)17(28)26-16-13(18(20,21)22)5-9(7-23)8-25-16/h3-5,8,10,14H,1-2,6H2,(H,25,26,28)/t10-,14+/m0/s1. The first kappa shape index (κ1) is 18.2. The summed E-state index contributed by atoms with van der Waals surface area (Å²) in [6.07, 6.45) is -1.06. The van der Waals surface area contributed by atoms with Crippen LogP contribution in [0.1, 0.15) is 41.1 Å². The van der Waals surface area contributed by atoms with Gasteiger partial charge in [0, 0.05) is 24.0 Å². The molecular weight excluding hydrogens is 378 g/mol. The minimum atomic E-state index is -4.79. The molecule has 1 N–H and O–H groups in total. The Hall–Kier alpha value is -3.22. The predicted molar refractivity (Wildman–Crippen MR) is 88.5 cm³/mol. The second kappa shape index (κ2) is 6.44. The molecule has 0 aromatic carbocycles. The number of nitriles is 1. The van der Waals surface area contributed by atoms with Gasteiger partial charge in [-0.1, -0.05) is 0 Å². The zero-order valence-corrected chi connectivity index (χ0v) is 14.3. The molecular formula is C18H13F4N5O. The van der Waals surface area contributed by atoms with Crippen LogP contribution < -0.4 is 5.32 Å². The smallest absolute Gasteiger partial charge is 0.314 e. The van der Waals surface area contributed by atoms with E-state index in [1.807, 2.05) is 0 Å². The lowest BCUT2D eigenvalue weighted by atomic mass is 9.95. The zero-order valence-electron chi connectivity index (χ0n) is 14.3. The van der Waals surface area contributed by atoms with Gasteiger partial charge in [-0.2, -0.15) is 22.8 Å². The fraction of sp³-hybridized carbons (Fsp3) is 0.333. The highest BCUT2D eigenvalue weighted by Crippen LogP contribution is 2.44. The van der Waals surface area contributed by atoms with Crippen molar-refractivity contribution in [3.63, 3.8) is 0 Å². The quantitative estimate of drug-likeness (QED) is 0.592. The van der Waals surface area contributed by atoms with Gasteiger partial charge in [0.15, 0.2) is 0 Å². The number of fused-ring (bicyclic) bond motifs is 4. The molecule has 2 bridgehead atoms. The number of aromatic nitrogens is 2. The Morgan fingerprint density at radius 1 is 1.32 bits per heavy atom. The van der Waals surface area contributed by atoms with E-state index in [0.717, 1.165) is 6.20 Å². The van der Waals surface area contributed by atoms with Gasteiger partial charge in [0.25, 0.3) is 0 Å². The Morgan fingerprint density at radius 2 is 2.11 bits per heavy atom. The van der Waals surface area contributed by atoms with Crippen molar-refractivity contribution < 1.29 is 22.4 Å². The van der Waals surface area contributed by atoms with Crippen molar-refractivity contribution in [1.82, 2.24) is 14.9 Å². The maximum atomic E-state index is 14.0. The Balaban J connectivity index is 1.65. The molecule has 0 aliphatic carbocycles. The molecule has 0 saturated carbocycles. The molecule has 144 valence electrons. The number of amides is 2. The lowest BCUT2D eigenvalue weighted by molar-refractivity contribution is -0.137. The van der Waals surface area contributed by atoms with Crippen molar-refractivity contribution in [3.8, 4) is 6.07 Å². The third kappa shape index (κ3) is 2.93. The second-order valence-electron chi connectivity index (χ2n) is 6.69. The van der Waals surface area contributed by atoms with Gasteiger partial charge in [-0.25, -0.2) is 14.8 Å². The molecule has 2 atom stereocenters. The van der Waals surface area contributed by atoms with Crippen LogP contribution >= 0.6 is 0 Å². The average molecular weight is 391 g/mol. The van der Waals surface area contributed by atoms with Crippen molar-refractivity contribution in [2.75, 3.05) is 5.32 Å². The van der Waals surface area contributed by atoms with Crippen LogP contribution in [0, 0.1) is 17.3 Å². The molecule has 4 rings (SSSR count). The van der Waals surface area contributed by atoms with Crippen molar-refractivity contribution in [2.45, 2.75) is 37.5 Å². The number of anilines is 1. The SMILES string of the molecule is N#Cc1cnc(NC(=O)N2[C@H]3CC[C@@H]2c2ccnc(F)c2C3)c(C(F)(F)F)c1. The number of hydrogen-bond donors (Lipinski definition) is 1. The number of hydrogen-bond acceptors (Lipinski definition) is 4. The van der Waals surface area contributed by atoms with Crippen molar-refractivity contribution in [3.05, 3.63) is 52.7 Å². The van der Waals surface area contributed by atoms with Crippen LogP contribution in [0.15, 0.2) is 24.5 Å². The second-order valence-corrected chi connectivity index (χ2v) is 6.69. The summed E-state index contributed by atoms with van der Waals surface area (Å²) in [5, 5.41) is 11.0. The van der Waals surface area contributed by atoms with Gasteiger partial charge in [0.1, 0.15) is 11.9 Å². The summed E-state index contributed by atoms with van der Waals surface area (Å²) in [5.74, 6) is -1.25. The third-order valence-electron chi connectivity index (χ3n) is 5.12. The third-order valence-corrected chi connectivity index (χ3v) is 5.12. The van der Waals surface area contributed by atoms with Crippen molar-refractivity contribution in [1.29, 1.82) is 5.26 Å². The molecule has 6 nitrogen and oxygen atoms in total. The fourth-order valence-corrected chi connectivity index (χ4v) is 3.93. The largest absolute Gasteiger partial charge is 0.420 e. The Labute approximate surface area is 156 Å². The van der Waals surface area contributed by atoms with Crippen LogP contribution in [-0.4, -0.2) is 26.9 Å². The number of rotatable bonds is 1. The number of pyridine rings is 2. The molecule has 2 amide bonds. The Bertz CT molecular complexity index is 1000. The molecule has 28 heavy (non-hydrogen) atoms. The number of urea groups is 1. The highest BCUT2D eigenvalue weighted by Gasteiger charge is 2.44. The number of alkyl halides is 3. The summed E-state index contributed by atoms with van der Waals surface area (Å²) in [6.45, 7) is 0. The zero-order chi connectivity index (χ0) is 20.1.